The summed E-state index contributed by atoms with van der Waals surface area (Å²) in [6, 6.07) is 0. The minimum absolute atomic E-state index is 0.312. The number of carbonyl (C=O) groups is 1. The first-order chi connectivity index (χ1) is 6.14. The van der Waals surface area contributed by atoms with E-state index in [1.165, 1.54) is 0 Å². The molecule has 0 amide bonds. The van der Waals surface area contributed by atoms with Crippen LogP contribution in [-0.2, 0) is 18.4 Å². The smallest absolute Gasteiger partial charge is 0.308 e. The Morgan fingerprint density at radius 3 is 2.00 bits per heavy atom. The van der Waals surface area contributed by atoms with Gasteiger partial charge in [0, 0.05) is 0 Å². The summed E-state index contributed by atoms with van der Waals surface area (Å²) in [5.74, 6) is 0. The quantitative estimate of drug-likeness (QED) is 0.492. The van der Waals surface area contributed by atoms with Crippen LogP contribution >= 0.6 is 7.60 Å². The third kappa shape index (κ3) is 1.85. The summed E-state index contributed by atoms with van der Waals surface area (Å²) in [5, 5.41) is -0.820. The molecule has 1 aliphatic rings. The van der Waals surface area contributed by atoms with Crippen molar-refractivity contribution in [2.75, 3.05) is 13.2 Å². The lowest BCUT2D eigenvalue weighted by molar-refractivity contribution is -0.108. The predicted molar refractivity (Wildman–Crippen MR) is 48.9 cm³/mol. The van der Waals surface area contributed by atoms with Crippen LogP contribution in [-0.4, -0.2) is 24.7 Å². The van der Waals surface area contributed by atoms with Crippen molar-refractivity contribution in [1.82, 2.24) is 0 Å². The van der Waals surface area contributed by atoms with E-state index >= 15 is 0 Å². The number of carbonyl (C=O) groups excluding carboxylic acids is 1. The standard InChI is InChI=1S/C8H15O4P/c1-3-11-13(10,12-4-2)8(7-9)5-6-8/h7H,3-6H2,1-2H3. The molecular formula is C8H15O4P. The van der Waals surface area contributed by atoms with Gasteiger partial charge in [0.2, 0.25) is 0 Å². The molecule has 1 fully saturated rings. The van der Waals surface area contributed by atoms with Gasteiger partial charge in [-0.2, -0.15) is 0 Å². The SMILES string of the molecule is CCOP(=O)(OCC)C1(C=O)CC1. The van der Waals surface area contributed by atoms with E-state index in [-0.39, 0.29) is 0 Å². The molecule has 1 saturated carbocycles. The Labute approximate surface area is 78.1 Å². The second kappa shape index (κ2) is 3.91. The van der Waals surface area contributed by atoms with E-state index in [1.54, 1.807) is 13.8 Å². The molecule has 1 rings (SSSR count). The fourth-order valence-electron chi connectivity index (χ4n) is 1.22. The van der Waals surface area contributed by atoms with Gasteiger partial charge in [-0.25, -0.2) is 0 Å². The van der Waals surface area contributed by atoms with E-state index in [4.69, 9.17) is 9.05 Å². The Morgan fingerprint density at radius 1 is 1.31 bits per heavy atom. The van der Waals surface area contributed by atoms with Crippen molar-refractivity contribution in [3.05, 3.63) is 0 Å². The van der Waals surface area contributed by atoms with Crippen LogP contribution in [0.1, 0.15) is 26.7 Å². The van der Waals surface area contributed by atoms with Gasteiger partial charge in [0.1, 0.15) is 11.4 Å². The molecule has 0 radical (unpaired) electrons. The molecule has 1 aliphatic carbocycles. The zero-order valence-electron chi connectivity index (χ0n) is 7.99. The molecule has 76 valence electrons. The minimum atomic E-state index is -3.18. The van der Waals surface area contributed by atoms with Crippen molar-refractivity contribution in [2.45, 2.75) is 31.8 Å². The number of hydrogen-bond acceptors (Lipinski definition) is 4. The molecule has 4 nitrogen and oxygen atoms in total. The average molecular weight is 206 g/mol. The molecule has 0 heterocycles. The summed E-state index contributed by atoms with van der Waals surface area (Å²) in [5.41, 5.74) is 0. The zero-order valence-corrected chi connectivity index (χ0v) is 8.88. The molecule has 0 N–H and O–H groups in total. The minimum Gasteiger partial charge on any atom is -0.308 e. The molecule has 13 heavy (non-hydrogen) atoms. The van der Waals surface area contributed by atoms with Crippen LogP contribution in [0, 0.1) is 0 Å². The summed E-state index contributed by atoms with van der Waals surface area (Å²) in [6.45, 7) is 4.11. The van der Waals surface area contributed by atoms with Crippen LogP contribution in [0.3, 0.4) is 0 Å². The predicted octanol–water partition coefficient (Wildman–Crippen LogP) is 1.98. The molecular weight excluding hydrogens is 191 g/mol. The first-order valence-electron chi connectivity index (χ1n) is 4.49. The Kier molecular flexibility index (Phi) is 3.28. The molecule has 0 bridgehead atoms. The highest BCUT2D eigenvalue weighted by Crippen LogP contribution is 2.70. The summed E-state index contributed by atoms with van der Waals surface area (Å²) >= 11 is 0. The lowest BCUT2D eigenvalue weighted by Crippen LogP contribution is -2.15. The summed E-state index contributed by atoms with van der Waals surface area (Å²) in [6.07, 6.45) is 1.96. The van der Waals surface area contributed by atoms with Crippen LogP contribution in [0.5, 0.6) is 0 Å². The van der Waals surface area contributed by atoms with Gasteiger partial charge in [-0.3, -0.25) is 4.57 Å². The molecule has 0 aromatic heterocycles. The van der Waals surface area contributed by atoms with Gasteiger partial charge < -0.3 is 13.8 Å². The van der Waals surface area contributed by atoms with E-state index in [9.17, 15) is 9.36 Å². The van der Waals surface area contributed by atoms with Crippen molar-refractivity contribution >= 4 is 13.9 Å². The Morgan fingerprint density at radius 2 is 1.77 bits per heavy atom. The first-order valence-corrected chi connectivity index (χ1v) is 6.04. The third-order valence-electron chi connectivity index (χ3n) is 2.13. The second-order valence-corrected chi connectivity index (χ2v) is 5.46. The fraction of sp³-hybridized carbons (Fsp3) is 0.875. The molecule has 0 aromatic carbocycles. The highest BCUT2D eigenvalue weighted by molar-refractivity contribution is 7.57. The Bertz CT molecular complexity index is 224. The van der Waals surface area contributed by atoms with Gasteiger partial charge in [-0.05, 0) is 26.7 Å². The Hall–Kier alpha value is -0.180. The molecule has 0 unspecified atom stereocenters. The van der Waals surface area contributed by atoms with Gasteiger partial charge in [0.25, 0.3) is 0 Å². The van der Waals surface area contributed by atoms with E-state index in [1.807, 2.05) is 0 Å². The first kappa shape index (κ1) is 10.9. The maximum absolute atomic E-state index is 12.1. The normalized spacial score (nSPS) is 19.8. The van der Waals surface area contributed by atoms with E-state index in [0.29, 0.717) is 26.1 Å². The van der Waals surface area contributed by atoms with Crippen molar-refractivity contribution in [3.8, 4) is 0 Å². The third-order valence-corrected chi connectivity index (χ3v) is 4.96. The van der Waals surface area contributed by atoms with Crippen LogP contribution in [0.4, 0.5) is 0 Å². The zero-order chi connectivity index (χ0) is 9.95. The molecule has 0 spiro atoms. The van der Waals surface area contributed by atoms with Gasteiger partial charge in [-0.15, -0.1) is 0 Å². The molecule has 0 saturated heterocycles. The Balaban J connectivity index is 2.77. The number of rotatable bonds is 6. The monoisotopic (exact) mass is 206 g/mol. The van der Waals surface area contributed by atoms with Gasteiger partial charge >= 0.3 is 7.60 Å². The molecule has 0 aromatic rings. The molecule has 0 aliphatic heterocycles. The average Bonchev–Trinajstić information content (AvgIpc) is 2.85. The molecule has 0 atom stereocenters. The maximum atomic E-state index is 12.1. The highest BCUT2D eigenvalue weighted by atomic mass is 31.2. The second-order valence-electron chi connectivity index (χ2n) is 3.05. The largest absolute Gasteiger partial charge is 0.343 e. The van der Waals surface area contributed by atoms with Crippen molar-refractivity contribution in [1.29, 1.82) is 0 Å². The van der Waals surface area contributed by atoms with Crippen molar-refractivity contribution < 1.29 is 18.4 Å². The van der Waals surface area contributed by atoms with Crippen LogP contribution in [0.15, 0.2) is 0 Å². The summed E-state index contributed by atoms with van der Waals surface area (Å²) in [4.78, 5) is 10.8. The van der Waals surface area contributed by atoms with Gasteiger partial charge in [-0.1, -0.05) is 0 Å². The van der Waals surface area contributed by atoms with Gasteiger partial charge in [0.05, 0.1) is 13.2 Å². The van der Waals surface area contributed by atoms with Gasteiger partial charge in [0.15, 0.2) is 0 Å². The fourth-order valence-corrected chi connectivity index (χ4v) is 3.28. The topological polar surface area (TPSA) is 52.6 Å². The van der Waals surface area contributed by atoms with Crippen LogP contribution in [0.2, 0.25) is 0 Å². The maximum Gasteiger partial charge on any atom is 0.343 e. The number of aldehydes is 1. The van der Waals surface area contributed by atoms with Crippen molar-refractivity contribution in [2.24, 2.45) is 0 Å². The number of hydrogen-bond donors (Lipinski definition) is 0. The lowest BCUT2D eigenvalue weighted by atomic mass is 10.5. The van der Waals surface area contributed by atoms with E-state index < -0.39 is 12.8 Å². The van der Waals surface area contributed by atoms with E-state index in [0.717, 1.165) is 6.29 Å². The highest BCUT2D eigenvalue weighted by Gasteiger charge is 2.60. The summed E-state index contributed by atoms with van der Waals surface area (Å²) < 4.78 is 22.2. The lowest BCUT2D eigenvalue weighted by Gasteiger charge is -2.21. The summed E-state index contributed by atoms with van der Waals surface area (Å²) in [7, 11) is -3.18. The molecule has 5 heteroatoms. The van der Waals surface area contributed by atoms with E-state index in [2.05, 4.69) is 0 Å². The van der Waals surface area contributed by atoms with Crippen LogP contribution in [0.25, 0.3) is 0 Å². The van der Waals surface area contributed by atoms with Crippen molar-refractivity contribution in [3.63, 3.8) is 0 Å². The van der Waals surface area contributed by atoms with Crippen LogP contribution < -0.4 is 0 Å².